The van der Waals surface area contributed by atoms with Crippen molar-refractivity contribution in [2.24, 2.45) is 16.8 Å². The molecule has 1 rings (SSSR count). The molecule has 1 unspecified atom stereocenters. The van der Waals surface area contributed by atoms with Crippen LogP contribution in [0.2, 0.25) is 0 Å². The number of amides is 1. The molecule has 0 aliphatic rings. The third-order valence-corrected chi connectivity index (χ3v) is 3.16. The van der Waals surface area contributed by atoms with Crippen molar-refractivity contribution in [1.82, 2.24) is 9.88 Å². The van der Waals surface area contributed by atoms with Gasteiger partial charge in [0, 0.05) is 25.5 Å². The van der Waals surface area contributed by atoms with E-state index in [0.717, 1.165) is 12.0 Å². The number of oxime groups is 1. The Morgan fingerprint density at radius 3 is 2.60 bits per heavy atom. The van der Waals surface area contributed by atoms with Gasteiger partial charge in [0.25, 0.3) is 0 Å². The molecule has 1 aromatic rings. The van der Waals surface area contributed by atoms with Gasteiger partial charge in [-0.15, -0.1) is 0 Å². The van der Waals surface area contributed by atoms with Gasteiger partial charge in [-0.05, 0) is 31.0 Å². The lowest BCUT2D eigenvalue weighted by molar-refractivity contribution is -0.134. The minimum atomic E-state index is -0.563. The Bertz CT molecular complexity index is 448. The van der Waals surface area contributed by atoms with Crippen molar-refractivity contribution in [2.75, 3.05) is 6.54 Å². The first kappa shape index (κ1) is 15.9. The molecule has 0 spiro atoms. The van der Waals surface area contributed by atoms with Gasteiger partial charge in [-0.2, -0.15) is 0 Å². The van der Waals surface area contributed by atoms with E-state index in [0.29, 0.717) is 19.5 Å². The second kappa shape index (κ2) is 8.14. The van der Waals surface area contributed by atoms with E-state index >= 15 is 0 Å². The zero-order valence-electron chi connectivity index (χ0n) is 12.0. The molecule has 0 aliphatic heterocycles. The van der Waals surface area contributed by atoms with E-state index in [4.69, 9.17) is 10.9 Å². The van der Waals surface area contributed by atoms with Crippen molar-refractivity contribution >= 4 is 11.7 Å². The maximum absolute atomic E-state index is 12.5. The molecule has 0 aliphatic carbocycles. The Kier molecular flexibility index (Phi) is 6.49. The number of nitrogens with zero attached hydrogens (tertiary/aromatic N) is 3. The van der Waals surface area contributed by atoms with Crippen LogP contribution in [0.5, 0.6) is 0 Å². The Labute approximate surface area is 119 Å². The average Bonchev–Trinajstić information content (AvgIpc) is 2.50. The lowest BCUT2D eigenvalue weighted by Gasteiger charge is -2.25. The normalized spacial score (nSPS) is 13.0. The number of hydrogen-bond donors (Lipinski definition) is 2. The Morgan fingerprint density at radius 2 is 2.10 bits per heavy atom. The molecule has 0 radical (unpaired) electrons. The second-order valence-electron chi connectivity index (χ2n) is 4.57. The van der Waals surface area contributed by atoms with Crippen LogP contribution in [0.25, 0.3) is 0 Å². The van der Waals surface area contributed by atoms with Crippen LogP contribution in [0.1, 0.15) is 32.3 Å². The number of carbonyl (C=O) groups excluding carboxylic acids is 1. The molecule has 0 saturated carbocycles. The molecule has 1 heterocycles. The fourth-order valence-electron chi connectivity index (χ4n) is 2.03. The molecule has 110 valence electrons. The maximum Gasteiger partial charge on any atom is 0.233 e. The summed E-state index contributed by atoms with van der Waals surface area (Å²) in [5.74, 6) is -0.696. The number of amidine groups is 1. The van der Waals surface area contributed by atoms with Crippen LogP contribution >= 0.6 is 0 Å². The zero-order chi connectivity index (χ0) is 15.0. The summed E-state index contributed by atoms with van der Waals surface area (Å²) in [6, 6.07) is 3.74. The first-order chi connectivity index (χ1) is 9.63. The van der Waals surface area contributed by atoms with Crippen LogP contribution in [0.15, 0.2) is 29.7 Å². The fourth-order valence-corrected chi connectivity index (χ4v) is 2.03. The Hall–Kier alpha value is -2.11. The Morgan fingerprint density at radius 1 is 1.45 bits per heavy atom. The molecular formula is C14H22N4O2. The molecule has 0 aromatic carbocycles. The predicted molar refractivity (Wildman–Crippen MR) is 77.1 cm³/mol. The molecule has 1 aromatic heterocycles. The third-order valence-electron chi connectivity index (χ3n) is 3.16. The van der Waals surface area contributed by atoms with Gasteiger partial charge in [0.15, 0.2) is 5.84 Å². The van der Waals surface area contributed by atoms with Crippen LogP contribution in [0.3, 0.4) is 0 Å². The molecule has 6 heteroatoms. The molecule has 20 heavy (non-hydrogen) atoms. The van der Waals surface area contributed by atoms with E-state index in [1.165, 1.54) is 0 Å². The van der Waals surface area contributed by atoms with Gasteiger partial charge in [-0.25, -0.2) is 0 Å². The largest absolute Gasteiger partial charge is 0.409 e. The predicted octanol–water partition coefficient (Wildman–Crippen LogP) is 1.59. The summed E-state index contributed by atoms with van der Waals surface area (Å²) < 4.78 is 0. The first-order valence-electron chi connectivity index (χ1n) is 6.79. The van der Waals surface area contributed by atoms with Crippen LogP contribution in [-0.4, -0.2) is 33.4 Å². The number of hydrogen-bond acceptors (Lipinski definition) is 4. The highest BCUT2D eigenvalue weighted by atomic mass is 16.4. The fraction of sp³-hybridized carbons (Fsp3) is 0.500. The third kappa shape index (κ3) is 4.22. The van der Waals surface area contributed by atoms with Crippen molar-refractivity contribution < 1.29 is 10.0 Å². The lowest BCUT2D eigenvalue weighted by atomic mass is 10.0. The summed E-state index contributed by atoms with van der Waals surface area (Å²) in [4.78, 5) is 18.2. The van der Waals surface area contributed by atoms with Crippen LogP contribution in [0.4, 0.5) is 0 Å². The number of pyridine rings is 1. The number of rotatable bonds is 7. The number of aromatic nitrogens is 1. The van der Waals surface area contributed by atoms with Crippen LogP contribution in [0, 0.1) is 5.92 Å². The zero-order valence-corrected chi connectivity index (χ0v) is 12.0. The standard InChI is InChI=1S/C14H22N4O2/c1-3-5-12(13(15)17-20)14(19)18(4-2)10-11-6-8-16-9-7-11/h6-9,12,20H,3-5,10H2,1-2H3,(H2,15,17). The highest BCUT2D eigenvalue weighted by Crippen LogP contribution is 2.13. The second-order valence-corrected chi connectivity index (χ2v) is 4.57. The molecule has 6 nitrogen and oxygen atoms in total. The average molecular weight is 278 g/mol. The van der Waals surface area contributed by atoms with Crippen molar-refractivity contribution in [3.8, 4) is 0 Å². The topological polar surface area (TPSA) is 91.8 Å². The minimum absolute atomic E-state index is 0.0231. The van der Waals surface area contributed by atoms with Crippen LogP contribution < -0.4 is 5.73 Å². The Balaban J connectivity index is 2.84. The molecule has 0 saturated heterocycles. The lowest BCUT2D eigenvalue weighted by Crippen LogP contribution is -2.41. The smallest absolute Gasteiger partial charge is 0.233 e. The summed E-state index contributed by atoms with van der Waals surface area (Å²) in [6.07, 6.45) is 4.75. The van der Waals surface area contributed by atoms with E-state index in [1.54, 1.807) is 17.3 Å². The summed E-state index contributed by atoms with van der Waals surface area (Å²) in [7, 11) is 0. The number of nitrogens with two attached hydrogens (primary N) is 1. The van der Waals surface area contributed by atoms with E-state index in [2.05, 4.69) is 10.1 Å². The van der Waals surface area contributed by atoms with Gasteiger partial charge in [0.2, 0.25) is 5.91 Å². The highest BCUT2D eigenvalue weighted by Gasteiger charge is 2.26. The van der Waals surface area contributed by atoms with E-state index in [-0.39, 0.29) is 11.7 Å². The van der Waals surface area contributed by atoms with E-state index in [9.17, 15) is 4.79 Å². The summed E-state index contributed by atoms with van der Waals surface area (Å²) >= 11 is 0. The SMILES string of the molecule is CCCC(C(=O)N(CC)Cc1ccncc1)C(N)=NO. The molecule has 1 atom stereocenters. The van der Waals surface area contributed by atoms with Gasteiger partial charge >= 0.3 is 0 Å². The van der Waals surface area contributed by atoms with Crippen molar-refractivity contribution in [1.29, 1.82) is 0 Å². The summed E-state index contributed by atoms with van der Waals surface area (Å²) in [5, 5.41) is 11.8. The molecule has 1 amide bonds. The molecule has 3 N–H and O–H groups in total. The summed E-state index contributed by atoms with van der Waals surface area (Å²) in [6.45, 7) is 4.94. The van der Waals surface area contributed by atoms with Gasteiger partial charge in [-0.1, -0.05) is 18.5 Å². The molecule has 0 fully saturated rings. The van der Waals surface area contributed by atoms with Gasteiger partial charge in [0.05, 0.1) is 5.92 Å². The minimum Gasteiger partial charge on any atom is -0.409 e. The van der Waals surface area contributed by atoms with E-state index < -0.39 is 5.92 Å². The molecule has 0 bridgehead atoms. The monoisotopic (exact) mass is 278 g/mol. The summed E-state index contributed by atoms with van der Waals surface area (Å²) in [5.41, 5.74) is 6.64. The first-order valence-corrected chi connectivity index (χ1v) is 6.79. The molecular weight excluding hydrogens is 256 g/mol. The van der Waals surface area contributed by atoms with Gasteiger partial charge < -0.3 is 15.8 Å². The van der Waals surface area contributed by atoms with Crippen molar-refractivity contribution in [3.05, 3.63) is 30.1 Å². The van der Waals surface area contributed by atoms with Crippen LogP contribution in [-0.2, 0) is 11.3 Å². The van der Waals surface area contributed by atoms with Crippen molar-refractivity contribution in [3.63, 3.8) is 0 Å². The van der Waals surface area contributed by atoms with Crippen molar-refractivity contribution in [2.45, 2.75) is 33.2 Å². The van der Waals surface area contributed by atoms with Gasteiger partial charge in [0.1, 0.15) is 0 Å². The highest BCUT2D eigenvalue weighted by molar-refractivity contribution is 6.02. The quantitative estimate of drug-likeness (QED) is 0.343. The van der Waals surface area contributed by atoms with E-state index in [1.807, 2.05) is 26.0 Å². The number of carbonyl (C=O) groups is 1. The maximum atomic E-state index is 12.5. The van der Waals surface area contributed by atoms with Gasteiger partial charge in [-0.3, -0.25) is 9.78 Å².